The summed E-state index contributed by atoms with van der Waals surface area (Å²) in [5.74, 6) is 0.0779. The SMILES string of the molecule is CC(C)OC(=O)N[C@@H](Cc1ccccc1)[C@@H](O)C[C@H](Cc1ccccc1)C(=O)N[C@H](c1ncc[nH]1)C(C)C. The smallest absolute Gasteiger partial charge is 0.407 e. The molecule has 0 aliphatic rings. The van der Waals surface area contributed by atoms with Crippen LogP contribution in [-0.4, -0.2) is 45.3 Å². The Labute approximate surface area is 225 Å². The van der Waals surface area contributed by atoms with Crippen molar-refractivity contribution in [2.45, 2.75) is 71.2 Å². The molecule has 38 heavy (non-hydrogen) atoms. The normalized spacial score (nSPS) is 14.5. The number of benzene rings is 2. The van der Waals surface area contributed by atoms with Gasteiger partial charge in [0.15, 0.2) is 0 Å². The summed E-state index contributed by atoms with van der Waals surface area (Å²) in [6.45, 7) is 7.59. The van der Waals surface area contributed by atoms with E-state index >= 15 is 0 Å². The first-order valence-electron chi connectivity index (χ1n) is 13.3. The summed E-state index contributed by atoms with van der Waals surface area (Å²) >= 11 is 0. The molecule has 4 N–H and O–H groups in total. The van der Waals surface area contributed by atoms with Crippen LogP contribution in [0.3, 0.4) is 0 Å². The van der Waals surface area contributed by atoms with Crippen molar-refractivity contribution in [1.82, 2.24) is 20.6 Å². The molecule has 2 amide bonds. The van der Waals surface area contributed by atoms with Crippen LogP contribution in [0.4, 0.5) is 4.79 Å². The molecule has 0 spiro atoms. The molecule has 3 rings (SSSR count). The van der Waals surface area contributed by atoms with Crippen LogP contribution >= 0.6 is 0 Å². The zero-order valence-electron chi connectivity index (χ0n) is 22.6. The number of nitrogens with zero attached hydrogens (tertiary/aromatic N) is 1. The predicted octanol–water partition coefficient (Wildman–Crippen LogP) is 4.58. The Balaban J connectivity index is 1.82. The second-order valence-corrected chi connectivity index (χ2v) is 10.3. The molecular formula is C30H40N4O4. The summed E-state index contributed by atoms with van der Waals surface area (Å²) < 4.78 is 5.29. The van der Waals surface area contributed by atoms with Gasteiger partial charge in [0.05, 0.1) is 24.3 Å². The highest BCUT2D eigenvalue weighted by molar-refractivity contribution is 5.79. The van der Waals surface area contributed by atoms with Gasteiger partial charge in [0.2, 0.25) is 5.91 Å². The summed E-state index contributed by atoms with van der Waals surface area (Å²) in [7, 11) is 0. The first-order chi connectivity index (χ1) is 18.2. The van der Waals surface area contributed by atoms with E-state index in [0.717, 1.165) is 11.1 Å². The maximum Gasteiger partial charge on any atom is 0.407 e. The lowest BCUT2D eigenvalue weighted by molar-refractivity contribution is -0.127. The van der Waals surface area contributed by atoms with Gasteiger partial charge in [-0.05, 0) is 50.2 Å². The van der Waals surface area contributed by atoms with E-state index in [1.165, 1.54) is 0 Å². The molecule has 3 aromatic rings. The van der Waals surface area contributed by atoms with Crippen molar-refractivity contribution in [3.05, 3.63) is 90.0 Å². The molecule has 0 bridgehead atoms. The molecule has 1 aromatic heterocycles. The summed E-state index contributed by atoms with van der Waals surface area (Å²) in [5.41, 5.74) is 1.95. The van der Waals surface area contributed by atoms with Crippen LogP contribution in [0.5, 0.6) is 0 Å². The first kappa shape index (κ1) is 28.9. The van der Waals surface area contributed by atoms with Gasteiger partial charge in [-0.25, -0.2) is 9.78 Å². The Morgan fingerprint density at radius 1 is 0.921 bits per heavy atom. The third-order valence-electron chi connectivity index (χ3n) is 6.41. The molecule has 1 heterocycles. The molecule has 8 heteroatoms. The van der Waals surface area contributed by atoms with E-state index < -0.39 is 24.2 Å². The molecule has 2 aromatic carbocycles. The van der Waals surface area contributed by atoms with Crippen LogP contribution in [0.15, 0.2) is 73.1 Å². The highest BCUT2D eigenvalue weighted by atomic mass is 16.6. The zero-order chi connectivity index (χ0) is 27.5. The van der Waals surface area contributed by atoms with E-state index in [4.69, 9.17) is 4.74 Å². The number of hydrogen-bond donors (Lipinski definition) is 4. The van der Waals surface area contributed by atoms with Gasteiger partial charge < -0.3 is 25.5 Å². The number of carbonyl (C=O) groups is 2. The number of H-pyrrole nitrogens is 1. The Morgan fingerprint density at radius 3 is 2.05 bits per heavy atom. The zero-order valence-corrected chi connectivity index (χ0v) is 22.6. The highest BCUT2D eigenvalue weighted by Gasteiger charge is 2.31. The third kappa shape index (κ3) is 9.03. The van der Waals surface area contributed by atoms with E-state index in [1.807, 2.05) is 74.5 Å². The second kappa shape index (κ2) is 14.3. The van der Waals surface area contributed by atoms with Crippen molar-refractivity contribution in [2.24, 2.45) is 11.8 Å². The van der Waals surface area contributed by atoms with Gasteiger partial charge in [-0.2, -0.15) is 0 Å². The third-order valence-corrected chi connectivity index (χ3v) is 6.41. The molecule has 204 valence electrons. The fraction of sp³-hybridized carbons (Fsp3) is 0.433. The van der Waals surface area contributed by atoms with E-state index in [2.05, 4.69) is 20.6 Å². The van der Waals surface area contributed by atoms with Gasteiger partial charge in [-0.15, -0.1) is 0 Å². The fourth-order valence-corrected chi connectivity index (χ4v) is 4.46. The topological polar surface area (TPSA) is 116 Å². The molecule has 0 saturated carbocycles. The lowest BCUT2D eigenvalue weighted by atomic mass is 9.88. The van der Waals surface area contributed by atoms with Crippen molar-refractivity contribution in [1.29, 1.82) is 0 Å². The Morgan fingerprint density at radius 2 is 1.53 bits per heavy atom. The number of aromatic amines is 1. The van der Waals surface area contributed by atoms with E-state index in [0.29, 0.717) is 18.7 Å². The number of carbonyl (C=O) groups excluding carboxylic acids is 2. The number of ether oxygens (including phenoxy) is 1. The average molecular weight is 521 g/mol. The molecule has 0 saturated heterocycles. The summed E-state index contributed by atoms with van der Waals surface area (Å²) in [5, 5.41) is 17.4. The van der Waals surface area contributed by atoms with Gasteiger partial charge in [0, 0.05) is 18.3 Å². The molecule has 0 radical (unpaired) electrons. The number of aliphatic hydroxyl groups is 1. The van der Waals surface area contributed by atoms with Crippen LogP contribution < -0.4 is 10.6 Å². The number of imidazole rings is 1. The Bertz CT molecular complexity index is 1100. The predicted molar refractivity (Wildman–Crippen MR) is 147 cm³/mol. The standard InChI is InChI=1S/C30H40N4O4/c1-20(2)27(28-31-15-16-32-28)34-29(36)24(17-22-11-7-5-8-12-22)19-26(35)25(33-30(37)38-21(3)4)18-23-13-9-6-10-14-23/h5-16,20-21,24-27,35H,17-19H2,1-4H3,(H,31,32)(H,33,37)(H,34,36)/t24-,25-,26-,27-/m0/s1. The lowest BCUT2D eigenvalue weighted by Gasteiger charge is -2.29. The molecule has 0 aliphatic heterocycles. The maximum absolute atomic E-state index is 13.7. The van der Waals surface area contributed by atoms with Gasteiger partial charge in [0.1, 0.15) is 5.82 Å². The number of aliphatic hydroxyl groups excluding tert-OH is 1. The minimum Gasteiger partial charge on any atom is -0.447 e. The number of rotatable bonds is 13. The van der Waals surface area contributed by atoms with Crippen LogP contribution in [0.25, 0.3) is 0 Å². The molecular weight excluding hydrogens is 480 g/mol. The van der Waals surface area contributed by atoms with Crippen LogP contribution in [0, 0.1) is 11.8 Å². The summed E-state index contributed by atoms with van der Waals surface area (Å²) in [6, 6.07) is 18.4. The monoisotopic (exact) mass is 520 g/mol. The van der Waals surface area contributed by atoms with Gasteiger partial charge in [-0.1, -0.05) is 74.5 Å². The number of aromatic nitrogens is 2. The molecule has 0 unspecified atom stereocenters. The van der Waals surface area contributed by atoms with Crippen molar-refractivity contribution in [3.8, 4) is 0 Å². The Hall–Kier alpha value is -3.65. The maximum atomic E-state index is 13.7. The minimum atomic E-state index is -0.990. The fourth-order valence-electron chi connectivity index (χ4n) is 4.46. The summed E-state index contributed by atoms with van der Waals surface area (Å²) in [4.78, 5) is 33.6. The quantitative estimate of drug-likeness (QED) is 0.263. The summed E-state index contributed by atoms with van der Waals surface area (Å²) in [6.07, 6.45) is 2.52. The second-order valence-electron chi connectivity index (χ2n) is 10.3. The number of hydrogen-bond acceptors (Lipinski definition) is 5. The van der Waals surface area contributed by atoms with Crippen molar-refractivity contribution in [3.63, 3.8) is 0 Å². The van der Waals surface area contributed by atoms with E-state index in [-0.39, 0.29) is 30.4 Å². The molecule has 8 nitrogen and oxygen atoms in total. The minimum absolute atomic E-state index is 0.102. The van der Waals surface area contributed by atoms with E-state index in [9.17, 15) is 14.7 Å². The number of amides is 2. The van der Waals surface area contributed by atoms with E-state index in [1.54, 1.807) is 26.2 Å². The van der Waals surface area contributed by atoms with Gasteiger partial charge in [-0.3, -0.25) is 4.79 Å². The Kier molecular flexibility index (Phi) is 10.9. The number of alkyl carbamates (subject to hydrolysis) is 1. The average Bonchev–Trinajstić information content (AvgIpc) is 3.41. The largest absolute Gasteiger partial charge is 0.447 e. The molecule has 4 atom stereocenters. The van der Waals surface area contributed by atoms with Crippen molar-refractivity contribution < 1.29 is 19.4 Å². The van der Waals surface area contributed by atoms with Crippen molar-refractivity contribution in [2.75, 3.05) is 0 Å². The number of nitrogens with one attached hydrogen (secondary N) is 3. The van der Waals surface area contributed by atoms with Crippen LogP contribution in [0.1, 0.15) is 57.1 Å². The van der Waals surface area contributed by atoms with Crippen molar-refractivity contribution >= 4 is 12.0 Å². The van der Waals surface area contributed by atoms with Crippen LogP contribution in [0.2, 0.25) is 0 Å². The first-order valence-corrected chi connectivity index (χ1v) is 13.3. The molecule has 0 aliphatic carbocycles. The lowest BCUT2D eigenvalue weighted by Crippen LogP contribution is -2.48. The van der Waals surface area contributed by atoms with Gasteiger partial charge in [0.25, 0.3) is 0 Å². The molecule has 0 fully saturated rings. The van der Waals surface area contributed by atoms with Crippen LogP contribution in [-0.2, 0) is 22.4 Å². The highest BCUT2D eigenvalue weighted by Crippen LogP contribution is 2.23. The van der Waals surface area contributed by atoms with Gasteiger partial charge >= 0.3 is 6.09 Å².